The van der Waals surface area contributed by atoms with E-state index >= 15 is 0 Å². The second kappa shape index (κ2) is 4.76. The zero-order valence-corrected chi connectivity index (χ0v) is 8.76. The summed E-state index contributed by atoms with van der Waals surface area (Å²) in [6, 6.07) is 9.22. The normalized spacial score (nSPS) is 10.6. The van der Waals surface area contributed by atoms with Crippen LogP contribution in [0, 0.1) is 0 Å². The van der Waals surface area contributed by atoms with Gasteiger partial charge in [0, 0.05) is 13.0 Å². The van der Waals surface area contributed by atoms with Gasteiger partial charge in [-0.05, 0) is 18.6 Å². The van der Waals surface area contributed by atoms with Gasteiger partial charge >= 0.3 is 5.69 Å². The number of para-hydroxylation sites is 1. The molecular weight excluding hydrogens is 206 g/mol. The molecule has 0 spiro atoms. The summed E-state index contributed by atoms with van der Waals surface area (Å²) in [5, 5.41) is 12.8. The molecule has 0 unspecified atom stereocenters. The van der Waals surface area contributed by atoms with Crippen LogP contribution in [0.3, 0.4) is 0 Å². The molecule has 5 nitrogen and oxygen atoms in total. The van der Waals surface area contributed by atoms with Gasteiger partial charge in [-0.2, -0.15) is 9.78 Å². The van der Waals surface area contributed by atoms with E-state index in [4.69, 9.17) is 5.11 Å². The highest BCUT2D eigenvalue weighted by Crippen LogP contribution is 2.02. The highest BCUT2D eigenvalue weighted by atomic mass is 16.3. The molecule has 0 saturated carbocycles. The van der Waals surface area contributed by atoms with Crippen molar-refractivity contribution < 1.29 is 5.11 Å². The summed E-state index contributed by atoms with van der Waals surface area (Å²) in [4.78, 5) is 14.2. The monoisotopic (exact) mass is 219 g/mol. The SMILES string of the molecule is O=c1[nH]c(CCCO)nn1-c1ccccc1. The van der Waals surface area contributed by atoms with Gasteiger partial charge in [0.05, 0.1) is 5.69 Å². The Morgan fingerprint density at radius 3 is 2.75 bits per heavy atom. The summed E-state index contributed by atoms with van der Waals surface area (Å²) in [6.45, 7) is 0.0974. The van der Waals surface area contributed by atoms with Gasteiger partial charge < -0.3 is 5.11 Å². The molecule has 84 valence electrons. The number of rotatable bonds is 4. The van der Waals surface area contributed by atoms with E-state index < -0.39 is 0 Å². The van der Waals surface area contributed by atoms with Crippen LogP contribution >= 0.6 is 0 Å². The smallest absolute Gasteiger partial charge is 0.348 e. The molecule has 0 aliphatic carbocycles. The maximum Gasteiger partial charge on any atom is 0.348 e. The molecule has 2 rings (SSSR count). The highest BCUT2D eigenvalue weighted by Gasteiger charge is 2.05. The molecule has 16 heavy (non-hydrogen) atoms. The average molecular weight is 219 g/mol. The van der Waals surface area contributed by atoms with E-state index in [1.54, 1.807) is 0 Å². The van der Waals surface area contributed by atoms with Crippen molar-refractivity contribution in [3.8, 4) is 5.69 Å². The number of aliphatic hydroxyl groups excluding tert-OH is 1. The summed E-state index contributed by atoms with van der Waals surface area (Å²) >= 11 is 0. The van der Waals surface area contributed by atoms with Crippen molar-refractivity contribution in [3.05, 3.63) is 46.6 Å². The molecule has 2 aromatic rings. The van der Waals surface area contributed by atoms with Crippen molar-refractivity contribution >= 4 is 0 Å². The fourth-order valence-corrected chi connectivity index (χ4v) is 1.47. The van der Waals surface area contributed by atoms with E-state index in [2.05, 4.69) is 10.1 Å². The Labute approximate surface area is 92.4 Å². The van der Waals surface area contributed by atoms with Crippen molar-refractivity contribution in [2.75, 3.05) is 6.61 Å². The summed E-state index contributed by atoms with van der Waals surface area (Å²) in [5.41, 5.74) is 0.484. The van der Waals surface area contributed by atoms with E-state index in [9.17, 15) is 4.79 Å². The molecule has 0 atom stereocenters. The summed E-state index contributed by atoms with van der Waals surface area (Å²) in [5.74, 6) is 0.600. The first-order valence-corrected chi connectivity index (χ1v) is 5.16. The van der Waals surface area contributed by atoms with Crippen molar-refractivity contribution in [1.29, 1.82) is 0 Å². The Morgan fingerprint density at radius 2 is 2.06 bits per heavy atom. The van der Waals surface area contributed by atoms with Gasteiger partial charge in [-0.1, -0.05) is 18.2 Å². The first kappa shape index (κ1) is 10.6. The van der Waals surface area contributed by atoms with Gasteiger partial charge in [0.25, 0.3) is 0 Å². The molecule has 0 radical (unpaired) electrons. The maximum absolute atomic E-state index is 11.6. The van der Waals surface area contributed by atoms with Crippen LogP contribution in [0.25, 0.3) is 5.69 Å². The summed E-state index contributed by atoms with van der Waals surface area (Å²) < 4.78 is 1.33. The van der Waals surface area contributed by atoms with Gasteiger partial charge in [0.15, 0.2) is 0 Å². The predicted molar refractivity (Wildman–Crippen MR) is 59.6 cm³/mol. The number of benzene rings is 1. The molecule has 0 amide bonds. The van der Waals surface area contributed by atoms with Gasteiger partial charge in [-0.3, -0.25) is 4.98 Å². The molecule has 0 bridgehead atoms. The minimum absolute atomic E-state index is 0.0974. The second-order valence-electron chi connectivity index (χ2n) is 3.45. The minimum atomic E-state index is -0.251. The fourth-order valence-electron chi connectivity index (χ4n) is 1.47. The van der Waals surface area contributed by atoms with Crippen LogP contribution < -0.4 is 5.69 Å². The van der Waals surface area contributed by atoms with Crippen molar-refractivity contribution in [2.24, 2.45) is 0 Å². The lowest BCUT2D eigenvalue weighted by Crippen LogP contribution is -2.15. The number of hydrogen-bond donors (Lipinski definition) is 2. The first-order valence-electron chi connectivity index (χ1n) is 5.16. The van der Waals surface area contributed by atoms with Crippen molar-refractivity contribution in [2.45, 2.75) is 12.8 Å². The van der Waals surface area contributed by atoms with Gasteiger partial charge in [0.2, 0.25) is 0 Å². The number of H-pyrrole nitrogens is 1. The molecule has 1 aromatic carbocycles. The lowest BCUT2D eigenvalue weighted by molar-refractivity contribution is 0.287. The predicted octanol–water partition coefficient (Wildman–Crippen LogP) is 0.485. The first-order chi connectivity index (χ1) is 7.81. The topological polar surface area (TPSA) is 70.9 Å². The van der Waals surface area contributed by atoms with Crippen LogP contribution in [0.4, 0.5) is 0 Å². The lowest BCUT2D eigenvalue weighted by atomic mass is 10.3. The molecule has 0 saturated heterocycles. The number of aryl methyl sites for hydroxylation is 1. The molecular formula is C11H13N3O2. The van der Waals surface area contributed by atoms with Crippen LogP contribution in [0.2, 0.25) is 0 Å². The molecule has 1 aromatic heterocycles. The second-order valence-corrected chi connectivity index (χ2v) is 3.45. The number of aromatic amines is 1. The largest absolute Gasteiger partial charge is 0.396 e. The van der Waals surface area contributed by atoms with Crippen molar-refractivity contribution in [3.63, 3.8) is 0 Å². The maximum atomic E-state index is 11.6. The average Bonchev–Trinajstić information content (AvgIpc) is 2.69. The molecule has 0 aliphatic heterocycles. The molecule has 0 aliphatic rings. The Kier molecular flexibility index (Phi) is 3.16. The van der Waals surface area contributed by atoms with Crippen LogP contribution in [0.15, 0.2) is 35.1 Å². The van der Waals surface area contributed by atoms with E-state index in [-0.39, 0.29) is 12.3 Å². The Morgan fingerprint density at radius 1 is 1.31 bits per heavy atom. The number of nitrogens with zero attached hydrogens (tertiary/aromatic N) is 2. The zero-order chi connectivity index (χ0) is 11.4. The van der Waals surface area contributed by atoms with Gasteiger partial charge in [-0.25, -0.2) is 4.79 Å². The van der Waals surface area contributed by atoms with Crippen LogP contribution in [-0.4, -0.2) is 26.5 Å². The third-order valence-electron chi connectivity index (χ3n) is 2.24. The Balaban J connectivity index is 2.29. The van der Waals surface area contributed by atoms with Gasteiger partial charge in [0.1, 0.15) is 5.82 Å². The quantitative estimate of drug-likeness (QED) is 0.786. The number of nitrogens with one attached hydrogen (secondary N) is 1. The van der Waals surface area contributed by atoms with Crippen LogP contribution in [0.5, 0.6) is 0 Å². The number of aliphatic hydroxyl groups is 1. The molecule has 2 N–H and O–H groups in total. The standard InChI is InChI=1S/C11H13N3O2/c15-8-4-7-10-12-11(16)14(13-10)9-5-2-1-3-6-9/h1-3,5-6,15H,4,7-8H2,(H,12,13,16). The molecule has 1 heterocycles. The number of aromatic nitrogens is 3. The van der Waals surface area contributed by atoms with Crippen LogP contribution in [0.1, 0.15) is 12.2 Å². The van der Waals surface area contributed by atoms with E-state index in [0.29, 0.717) is 18.7 Å². The van der Waals surface area contributed by atoms with E-state index in [0.717, 1.165) is 5.69 Å². The highest BCUT2D eigenvalue weighted by molar-refractivity contribution is 5.29. The van der Waals surface area contributed by atoms with E-state index in [1.165, 1.54) is 4.68 Å². The summed E-state index contributed by atoms with van der Waals surface area (Å²) in [6.07, 6.45) is 1.17. The lowest BCUT2D eigenvalue weighted by Gasteiger charge is -1.97. The zero-order valence-electron chi connectivity index (χ0n) is 8.76. The number of hydrogen-bond acceptors (Lipinski definition) is 3. The van der Waals surface area contributed by atoms with E-state index in [1.807, 2.05) is 30.3 Å². The third kappa shape index (κ3) is 2.20. The van der Waals surface area contributed by atoms with Gasteiger partial charge in [-0.15, -0.1) is 0 Å². The Hall–Kier alpha value is -1.88. The summed E-state index contributed by atoms with van der Waals surface area (Å²) in [7, 11) is 0. The third-order valence-corrected chi connectivity index (χ3v) is 2.24. The van der Waals surface area contributed by atoms with Crippen LogP contribution in [-0.2, 0) is 6.42 Å². The van der Waals surface area contributed by atoms with Crippen molar-refractivity contribution in [1.82, 2.24) is 14.8 Å². The fraction of sp³-hybridized carbons (Fsp3) is 0.273. The molecule has 0 fully saturated rings. The Bertz CT molecular complexity index is 501. The minimum Gasteiger partial charge on any atom is -0.396 e. The molecule has 5 heteroatoms.